The summed E-state index contributed by atoms with van der Waals surface area (Å²) < 4.78 is 27.0. The summed E-state index contributed by atoms with van der Waals surface area (Å²) in [5.41, 5.74) is 3.11. The predicted molar refractivity (Wildman–Crippen MR) is 108 cm³/mol. The van der Waals surface area contributed by atoms with Crippen LogP contribution in [0.3, 0.4) is 0 Å². The third kappa shape index (κ3) is 3.89. The van der Waals surface area contributed by atoms with Crippen LogP contribution in [0.25, 0.3) is 0 Å². The van der Waals surface area contributed by atoms with Crippen LogP contribution in [0, 0.1) is 0 Å². The smallest absolute Gasteiger partial charge is 0.181 e. The van der Waals surface area contributed by atoms with E-state index in [2.05, 4.69) is 34.6 Å². The fraction of sp³-hybridized carbons (Fsp3) is 0.391. The van der Waals surface area contributed by atoms with Crippen LogP contribution >= 0.6 is 0 Å². The van der Waals surface area contributed by atoms with Gasteiger partial charge in [0.05, 0.1) is 37.8 Å². The van der Waals surface area contributed by atoms with Gasteiger partial charge in [-0.25, -0.2) is 4.68 Å². The summed E-state index contributed by atoms with van der Waals surface area (Å²) in [6, 6.07) is 20.2. The average molecular weight is 407 g/mol. The number of ether oxygens (including phenoxy) is 4. The average Bonchev–Trinajstić information content (AvgIpc) is 3.27. The van der Waals surface area contributed by atoms with Gasteiger partial charge in [-0.2, -0.15) is 0 Å². The van der Waals surface area contributed by atoms with Crippen LogP contribution in [0.15, 0.2) is 66.9 Å². The lowest BCUT2D eigenvalue weighted by molar-refractivity contribution is -0.291. The van der Waals surface area contributed by atoms with Gasteiger partial charge in [-0.3, -0.25) is 0 Å². The minimum Gasteiger partial charge on any atom is -0.368 e. The maximum atomic E-state index is 6.41. The number of benzene rings is 2. The highest BCUT2D eigenvalue weighted by atomic mass is 16.6. The molecule has 0 bridgehead atoms. The van der Waals surface area contributed by atoms with E-state index in [1.807, 2.05) is 43.3 Å². The van der Waals surface area contributed by atoms with Crippen LogP contribution in [-0.4, -0.2) is 39.4 Å². The maximum absolute atomic E-state index is 6.41. The second kappa shape index (κ2) is 8.65. The molecule has 5 atom stereocenters. The monoisotopic (exact) mass is 407 g/mol. The van der Waals surface area contributed by atoms with Gasteiger partial charge in [-0.15, -0.1) is 5.10 Å². The van der Waals surface area contributed by atoms with Crippen molar-refractivity contribution in [3.05, 3.63) is 83.7 Å². The van der Waals surface area contributed by atoms with Crippen LogP contribution in [0.5, 0.6) is 0 Å². The topological polar surface area (TPSA) is 67.6 Å². The van der Waals surface area contributed by atoms with Gasteiger partial charge in [-0.1, -0.05) is 65.9 Å². The summed E-state index contributed by atoms with van der Waals surface area (Å²) in [5.74, 6) is 0. The Balaban J connectivity index is 1.38. The van der Waals surface area contributed by atoms with Crippen LogP contribution in [0.4, 0.5) is 0 Å². The Hall–Kier alpha value is -2.58. The van der Waals surface area contributed by atoms with Crippen LogP contribution in [-0.2, 0) is 38.8 Å². The van der Waals surface area contributed by atoms with Gasteiger partial charge >= 0.3 is 0 Å². The number of aromatic nitrogens is 3. The second-order valence-electron chi connectivity index (χ2n) is 7.70. The Morgan fingerprint density at radius 2 is 1.57 bits per heavy atom. The molecule has 0 saturated carbocycles. The van der Waals surface area contributed by atoms with Crippen molar-refractivity contribution in [3.63, 3.8) is 0 Å². The zero-order chi connectivity index (χ0) is 20.3. The van der Waals surface area contributed by atoms with Gasteiger partial charge in [0.15, 0.2) is 6.23 Å². The first-order valence-corrected chi connectivity index (χ1v) is 10.3. The molecule has 156 valence electrons. The van der Waals surface area contributed by atoms with E-state index in [0.29, 0.717) is 19.8 Å². The maximum Gasteiger partial charge on any atom is 0.181 e. The molecule has 1 fully saturated rings. The van der Waals surface area contributed by atoms with Gasteiger partial charge in [0.25, 0.3) is 0 Å². The lowest BCUT2D eigenvalue weighted by Crippen LogP contribution is -2.59. The molecule has 0 spiro atoms. The highest BCUT2D eigenvalue weighted by Gasteiger charge is 2.50. The zero-order valence-corrected chi connectivity index (χ0v) is 16.8. The molecule has 2 aliphatic rings. The van der Waals surface area contributed by atoms with Gasteiger partial charge in [-0.05, 0) is 18.1 Å². The first-order chi connectivity index (χ1) is 14.8. The van der Waals surface area contributed by atoms with Crippen LogP contribution < -0.4 is 0 Å². The van der Waals surface area contributed by atoms with E-state index in [4.69, 9.17) is 18.9 Å². The summed E-state index contributed by atoms with van der Waals surface area (Å²) in [5, 5.41) is 8.23. The van der Waals surface area contributed by atoms with Crippen molar-refractivity contribution in [1.82, 2.24) is 15.0 Å². The number of hydrogen-bond acceptors (Lipinski definition) is 6. The molecule has 0 aliphatic carbocycles. The fourth-order valence-corrected chi connectivity index (χ4v) is 4.08. The van der Waals surface area contributed by atoms with Crippen molar-refractivity contribution in [1.29, 1.82) is 0 Å². The molecular weight excluding hydrogens is 382 g/mol. The van der Waals surface area contributed by atoms with Crippen molar-refractivity contribution >= 4 is 0 Å². The molecule has 7 nitrogen and oxygen atoms in total. The van der Waals surface area contributed by atoms with Gasteiger partial charge in [0, 0.05) is 0 Å². The van der Waals surface area contributed by atoms with Crippen molar-refractivity contribution in [2.24, 2.45) is 0 Å². The highest BCUT2D eigenvalue weighted by Crippen LogP contribution is 2.37. The lowest BCUT2D eigenvalue weighted by atomic mass is 9.97. The molecule has 2 aromatic carbocycles. The molecule has 3 aromatic rings. The Bertz CT molecular complexity index is 949. The third-order valence-electron chi connectivity index (χ3n) is 5.63. The number of hydrogen-bond donors (Lipinski definition) is 0. The third-order valence-corrected chi connectivity index (χ3v) is 5.63. The minimum atomic E-state index is -0.386. The molecule has 30 heavy (non-hydrogen) atoms. The van der Waals surface area contributed by atoms with Crippen molar-refractivity contribution in [2.45, 2.75) is 57.4 Å². The molecule has 0 amide bonds. The number of fused-ring (bicyclic) bond motifs is 3. The number of nitrogens with zero attached hydrogens (tertiary/aromatic N) is 3. The molecule has 7 heteroatoms. The van der Waals surface area contributed by atoms with Crippen LogP contribution in [0.2, 0.25) is 0 Å². The summed E-state index contributed by atoms with van der Waals surface area (Å²) in [6.45, 7) is 3.38. The largest absolute Gasteiger partial charge is 0.368 e. The molecule has 3 heterocycles. The Labute approximate surface area is 175 Å². The van der Waals surface area contributed by atoms with E-state index in [1.54, 1.807) is 10.9 Å². The Morgan fingerprint density at radius 3 is 2.23 bits per heavy atom. The lowest BCUT2D eigenvalue weighted by Gasteiger charge is -2.46. The fourth-order valence-electron chi connectivity index (χ4n) is 4.08. The molecule has 0 unspecified atom stereocenters. The normalized spacial score (nSPS) is 28.0. The van der Waals surface area contributed by atoms with E-state index in [0.717, 1.165) is 16.8 Å². The van der Waals surface area contributed by atoms with E-state index >= 15 is 0 Å². The number of rotatable bonds is 6. The van der Waals surface area contributed by atoms with Gasteiger partial charge in [0.1, 0.15) is 18.3 Å². The highest BCUT2D eigenvalue weighted by molar-refractivity contribution is 5.15. The molecule has 1 aromatic heterocycles. The molecule has 2 aliphatic heterocycles. The summed E-state index contributed by atoms with van der Waals surface area (Å²) in [7, 11) is 0. The summed E-state index contributed by atoms with van der Waals surface area (Å²) >= 11 is 0. The molecule has 0 N–H and O–H groups in total. The van der Waals surface area contributed by atoms with Gasteiger partial charge in [0.2, 0.25) is 0 Å². The van der Waals surface area contributed by atoms with E-state index in [-0.39, 0.29) is 30.6 Å². The van der Waals surface area contributed by atoms with Crippen molar-refractivity contribution < 1.29 is 18.9 Å². The molecule has 5 rings (SSSR count). The van der Waals surface area contributed by atoms with E-state index in [9.17, 15) is 0 Å². The summed E-state index contributed by atoms with van der Waals surface area (Å²) in [6.07, 6.45) is 0.209. The molecule has 1 saturated heterocycles. The van der Waals surface area contributed by atoms with Gasteiger partial charge < -0.3 is 18.9 Å². The first-order valence-electron chi connectivity index (χ1n) is 10.3. The predicted octanol–water partition coefficient (Wildman–Crippen LogP) is 3.27. The Morgan fingerprint density at radius 1 is 0.933 bits per heavy atom. The minimum absolute atomic E-state index is 0.200. The summed E-state index contributed by atoms with van der Waals surface area (Å²) in [4.78, 5) is 0. The van der Waals surface area contributed by atoms with E-state index < -0.39 is 0 Å². The molecule has 0 radical (unpaired) electrons. The van der Waals surface area contributed by atoms with Crippen molar-refractivity contribution in [3.8, 4) is 0 Å². The zero-order valence-electron chi connectivity index (χ0n) is 16.8. The first kappa shape index (κ1) is 19.4. The Kier molecular flexibility index (Phi) is 5.59. The second-order valence-corrected chi connectivity index (χ2v) is 7.70. The van der Waals surface area contributed by atoms with E-state index in [1.165, 1.54) is 0 Å². The SMILES string of the molecule is C[C@H]1O[C@@H]2[C@H](OCc3cnnn32)[C@@H](OCc2ccccc2)[C@@H]1OCc1ccccc1. The van der Waals surface area contributed by atoms with Crippen molar-refractivity contribution in [2.75, 3.05) is 0 Å². The quantitative estimate of drug-likeness (QED) is 0.625. The van der Waals surface area contributed by atoms with Crippen LogP contribution in [0.1, 0.15) is 30.0 Å². The standard InChI is InChI=1S/C23H25N3O4/c1-16-20(27-13-17-8-4-2-5-9-17)21(28-14-18-10-6-3-7-11-18)22-23(30-16)26-19(15-29-22)12-24-25-26/h2-12,16,20-23H,13-15H2,1H3/t16-,20-,21+,22-,23-/m1/s1. The molecular formula is C23H25N3O4.